The summed E-state index contributed by atoms with van der Waals surface area (Å²) in [4.78, 5) is 15.3. The van der Waals surface area contributed by atoms with Crippen molar-refractivity contribution in [2.45, 2.75) is 13.0 Å². The van der Waals surface area contributed by atoms with Crippen molar-refractivity contribution in [2.75, 3.05) is 39.5 Å². The fraction of sp³-hybridized carbons (Fsp3) is 0.615. The molecular formula is C13H20N2O3S. The van der Waals surface area contributed by atoms with Gasteiger partial charge in [-0.05, 0) is 23.4 Å². The lowest BCUT2D eigenvalue weighted by Gasteiger charge is -2.27. The smallest absolute Gasteiger partial charge is 0.236 e. The first-order valence-electron chi connectivity index (χ1n) is 6.53. The number of carbonyl (C=O) groups excluding carboxylic acids is 1. The molecule has 2 heterocycles. The SMILES string of the molecule is O=C(CNCCOCCO)N1CCc2sccc2C1. The van der Waals surface area contributed by atoms with E-state index in [4.69, 9.17) is 9.84 Å². The number of fused-ring (bicyclic) bond motifs is 1. The molecule has 2 rings (SSSR count). The maximum Gasteiger partial charge on any atom is 0.236 e. The monoisotopic (exact) mass is 284 g/mol. The number of nitrogens with one attached hydrogen (secondary N) is 1. The summed E-state index contributed by atoms with van der Waals surface area (Å²) >= 11 is 1.78. The molecule has 0 unspecified atom stereocenters. The highest BCUT2D eigenvalue weighted by Crippen LogP contribution is 2.23. The van der Waals surface area contributed by atoms with Crippen LogP contribution in [0.4, 0.5) is 0 Å². The number of ether oxygens (including phenoxy) is 1. The topological polar surface area (TPSA) is 61.8 Å². The molecule has 0 radical (unpaired) electrons. The molecule has 5 nitrogen and oxygen atoms in total. The summed E-state index contributed by atoms with van der Waals surface area (Å²) in [5.74, 6) is 0.138. The Bertz CT molecular complexity index is 408. The van der Waals surface area contributed by atoms with Crippen LogP contribution in [-0.2, 0) is 22.5 Å². The van der Waals surface area contributed by atoms with Gasteiger partial charge in [-0.15, -0.1) is 11.3 Å². The molecule has 0 saturated carbocycles. The fourth-order valence-electron chi connectivity index (χ4n) is 2.08. The number of thiophene rings is 1. The summed E-state index contributed by atoms with van der Waals surface area (Å²) in [7, 11) is 0. The molecule has 1 aliphatic rings. The normalized spacial score (nSPS) is 14.5. The molecule has 0 saturated heterocycles. The van der Waals surface area contributed by atoms with E-state index >= 15 is 0 Å². The molecule has 1 amide bonds. The van der Waals surface area contributed by atoms with Gasteiger partial charge in [-0.3, -0.25) is 4.79 Å². The van der Waals surface area contributed by atoms with Crippen LogP contribution in [0.25, 0.3) is 0 Å². The second-order valence-corrected chi connectivity index (χ2v) is 5.45. The van der Waals surface area contributed by atoms with E-state index in [-0.39, 0.29) is 12.5 Å². The lowest BCUT2D eigenvalue weighted by molar-refractivity contribution is -0.131. The standard InChI is InChI=1S/C13H20N2O3S/c16-5-7-18-6-3-14-9-13(17)15-4-1-12-11(10-15)2-8-19-12/h2,8,14,16H,1,3-7,9-10H2. The van der Waals surface area contributed by atoms with Gasteiger partial charge < -0.3 is 20.1 Å². The molecule has 1 aliphatic heterocycles. The first-order chi connectivity index (χ1) is 9.31. The molecule has 6 heteroatoms. The molecule has 0 aromatic carbocycles. The number of aliphatic hydroxyl groups excluding tert-OH is 1. The number of aliphatic hydroxyl groups is 1. The van der Waals surface area contributed by atoms with Crippen LogP contribution in [0, 0.1) is 0 Å². The summed E-state index contributed by atoms with van der Waals surface area (Å²) in [5, 5.41) is 13.7. The highest BCUT2D eigenvalue weighted by Gasteiger charge is 2.20. The maximum atomic E-state index is 12.0. The van der Waals surface area contributed by atoms with Gasteiger partial charge in [0.25, 0.3) is 0 Å². The van der Waals surface area contributed by atoms with Crippen molar-refractivity contribution in [3.63, 3.8) is 0 Å². The van der Waals surface area contributed by atoms with Gasteiger partial charge in [-0.2, -0.15) is 0 Å². The summed E-state index contributed by atoms with van der Waals surface area (Å²) in [6, 6.07) is 2.11. The van der Waals surface area contributed by atoms with E-state index in [1.54, 1.807) is 11.3 Å². The van der Waals surface area contributed by atoms with E-state index in [9.17, 15) is 4.79 Å². The first-order valence-corrected chi connectivity index (χ1v) is 7.41. The van der Waals surface area contributed by atoms with Gasteiger partial charge in [-0.25, -0.2) is 0 Å². The minimum Gasteiger partial charge on any atom is -0.394 e. The van der Waals surface area contributed by atoms with E-state index in [0.29, 0.717) is 26.3 Å². The van der Waals surface area contributed by atoms with Crippen LogP contribution in [0.15, 0.2) is 11.4 Å². The highest BCUT2D eigenvalue weighted by atomic mass is 32.1. The van der Waals surface area contributed by atoms with E-state index in [2.05, 4.69) is 16.8 Å². The van der Waals surface area contributed by atoms with Crippen molar-refractivity contribution in [1.82, 2.24) is 10.2 Å². The maximum absolute atomic E-state index is 12.0. The minimum absolute atomic E-state index is 0.0374. The van der Waals surface area contributed by atoms with Gasteiger partial charge in [0.2, 0.25) is 5.91 Å². The van der Waals surface area contributed by atoms with E-state index in [1.165, 1.54) is 10.4 Å². The zero-order chi connectivity index (χ0) is 13.5. The predicted molar refractivity (Wildman–Crippen MR) is 74.2 cm³/mol. The molecule has 1 aromatic rings. The van der Waals surface area contributed by atoms with E-state index < -0.39 is 0 Å². The molecule has 0 aliphatic carbocycles. The Hall–Kier alpha value is -0.950. The third kappa shape index (κ3) is 4.28. The summed E-state index contributed by atoms with van der Waals surface area (Å²) < 4.78 is 5.11. The van der Waals surface area contributed by atoms with Crippen molar-refractivity contribution in [2.24, 2.45) is 0 Å². The van der Waals surface area contributed by atoms with Gasteiger partial charge in [-0.1, -0.05) is 0 Å². The van der Waals surface area contributed by atoms with Gasteiger partial charge in [0.05, 0.1) is 26.4 Å². The number of nitrogens with zero attached hydrogens (tertiary/aromatic N) is 1. The summed E-state index contributed by atoms with van der Waals surface area (Å²) in [6.07, 6.45) is 0.971. The predicted octanol–water partition coefficient (Wildman–Crippen LogP) is 0.231. The van der Waals surface area contributed by atoms with Gasteiger partial charge in [0.1, 0.15) is 0 Å². The van der Waals surface area contributed by atoms with E-state index in [1.807, 2.05) is 4.90 Å². The first kappa shape index (κ1) is 14.5. The van der Waals surface area contributed by atoms with Gasteiger partial charge in [0.15, 0.2) is 0 Å². The molecule has 2 N–H and O–H groups in total. The fourth-order valence-corrected chi connectivity index (χ4v) is 2.97. The average Bonchev–Trinajstić information content (AvgIpc) is 2.89. The van der Waals surface area contributed by atoms with E-state index in [0.717, 1.165) is 19.5 Å². The number of carbonyl (C=O) groups is 1. The van der Waals surface area contributed by atoms with Crippen molar-refractivity contribution >= 4 is 17.2 Å². The molecule has 0 bridgehead atoms. The largest absolute Gasteiger partial charge is 0.394 e. The van der Waals surface area contributed by atoms with Crippen molar-refractivity contribution in [3.8, 4) is 0 Å². The average molecular weight is 284 g/mol. The molecule has 106 valence electrons. The Labute approximate surface area is 117 Å². The van der Waals surface area contributed by atoms with Crippen molar-refractivity contribution in [3.05, 3.63) is 21.9 Å². The zero-order valence-electron chi connectivity index (χ0n) is 10.9. The van der Waals surface area contributed by atoms with Crippen LogP contribution in [-0.4, -0.2) is 55.4 Å². The van der Waals surface area contributed by atoms with Gasteiger partial charge >= 0.3 is 0 Å². The molecular weight excluding hydrogens is 264 g/mol. The quantitative estimate of drug-likeness (QED) is 0.704. The molecule has 1 aromatic heterocycles. The Morgan fingerprint density at radius 3 is 3.26 bits per heavy atom. The Morgan fingerprint density at radius 2 is 2.42 bits per heavy atom. The van der Waals surface area contributed by atoms with Crippen LogP contribution in [0.5, 0.6) is 0 Å². The van der Waals surface area contributed by atoms with Crippen LogP contribution in [0.1, 0.15) is 10.4 Å². The zero-order valence-corrected chi connectivity index (χ0v) is 11.7. The third-order valence-electron chi connectivity index (χ3n) is 3.10. The third-order valence-corrected chi connectivity index (χ3v) is 4.12. The second-order valence-electron chi connectivity index (χ2n) is 4.45. The molecule has 19 heavy (non-hydrogen) atoms. The minimum atomic E-state index is 0.0374. The second kappa shape index (κ2) is 7.59. The molecule has 0 atom stereocenters. The van der Waals surface area contributed by atoms with Crippen molar-refractivity contribution < 1.29 is 14.6 Å². The lowest BCUT2D eigenvalue weighted by atomic mass is 10.1. The summed E-state index contributed by atoms with van der Waals surface area (Å²) in [6.45, 7) is 3.43. The van der Waals surface area contributed by atoms with Crippen LogP contribution >= 0.6 is 11.3 Å². The number of hydrogen-bond acceptors (Lipinski definition) is 5. The molecule has 0 fully saturated rings. The molecule has 0 spiro atoms. The Balaban J connectivity index is 1.64. The highest BCUT2D eigenvalue weighted by molar-refractivity contribution is 7.10. The Morgan fingerprint density at radius 1 is 1.53 bits per heavy atom. The van der Waals surface area contributed by atoms with Crippen LogP contribution in [0.2, 0.25) is 0 Å². The number of rotatable bonds is 7. The summed E-state index contributed by atoms with van der Waals surface area (Å²) in [5.41, 5.74) is 1.29. The van der Waals surface area contributed by atoms with Crippen LogP contribution in [0.3, 0.4) is 0 Å². The number of hydrogen-bond donors (Lipinski definition) is 2. The Kier molecular flexibility index (Phi) is 5.78. The van der Waals surface area contributed by atoms with Crippen LogP contribution < -0.4 is 5.32 Å². The lowest BCUT2D eigenvalue weighted by Crippen LogP contribution is -2.41. The van der Waals surface area contributed by atoms with Gasteiger partial charge in [0, 0.05) is 24.5 Å². The number of amides is 1. The van der Waals surface area contributed by atoms with Crippen molar-refractivity contribution in [1.29, 1.82) is 0 Å².